The first-order valence-corrected chi connectivity index (χ1v) is 5.66. The van der Waals surface area contributed by atoms with Gasteiger partial charge in [-0.2, -0.15) is 5.10 Å². The van der Waals surface area contributed by atoms with Crippen molar-refractivity contribution in [3.63, 3.8) is 0 Å². The topological polar surface area (TPSA) is 68.5 Å². The highest BCUT2D eigenvalue weighted by Crippen LogP contribution is 2.12. The number of nitrogens with zero attached hydrogens (tertiary/aromatic N) is 3. The number of nitrogens with one attached hydrogen (secondary N) is 1. The van der Waals surface area contributed by atoms with Crippen molar-refractivity contribution in [1.29, 1.82) is 0 Å². The molecule has 6 nitrogen and oxygen atoms in total. The summed E-state index contributed by atoms with van der Waals surface area (Å²) in [5, 5.41) is 6.81. The van der Waals surface area contributed by atoms with E-state index < -0.39 is 11.7 Å². The van der Waals surface area contributed by atoms with Crippen LogP contribution in [-0.2, 0) is 4.74 Å². The summed E-state index contributed by atoms with van der Waals surface area (Å²) in [4.78, 5) is 15.8. The number of carbonyl (C=O) groups is 1. The molecule has 0 spiro atoms. The Morgan fingerprint density at radius 3 is 2.78 bits per heavy atom. The predicted molar refractivity (Wildman–Crippen MR) is 67.6 cm³/mol. The van der Waals surface area contributed by atoms with Gasteiger partial charge in [0.05, 0.1) is 11.9 Å². The zero-order valence-electron chi connectivity index (χ0n) is 10.9. The molecule has 0 unspecified atom stereocenters. The van der Waals surface area contributed by atoms with Crippen LogP contribution in [0.25, 0.3) is 5.65 Å². The molecule has 0 fully saturated rings. The van der Waals surface area contributed by atoms with Crippen molar-refractivity contribution < 1.29 is 9.53 Å². The molecule has 2 heterocycles. The van der Waals surface area contributed by atoms with Crippen LogP contribution in [0.3, 0.4) is 0 Å². The van der Waals surface area contributed by atoms with Gasteiger partial charge in [0.1, 0.15) is 5.60 Å². The SMILES string of the molecule is Cc1ccc2nc(NC(=O)OC(C)(C)C)cn2n1. The number of ether oxygens (including phenoxy) is 1. The number of aromatic nitrogens is 3. The van der Waals surface area contributed by atoms with Gasteiger partial charge in [0, 0.05) is 0 Å². The van der Waals surface area contributed by atoms with E-state index in [1.54, 1.807) is 31.5 Å². The molecule has 1 N–H and O–H groups in total. The third kappa shape index (κ3) is 2.97. The summed E-state index contributed by atoms with van der Waals surface area (Å²) < 4.78 is 6.75. The molecule has 96 valence electrons. The Bertz CT molecular complexity index is 583. The highest BCUT2D eigenvalue weighted by atomic mass is 16.6. The van der Waals surface area contributed by atoms with Crippen molar-refractivity contribution in [2.45, 2.75) is 33.3 Å². The summed E-state index contributed by atoms with van der Waals surface area (Å²) in [6, 6.07) is 3.70. The van der Waals surface area contributed by atoms with E-state index >= 15 is 0 Å². The quantitative estimate of drug-likeness (QED) is 0.841. The van der Waals surface area contributed by atoms with Crippen LogP contribution in [-0.4, -0.2) is 26.3 Å². The summed E-state index contributed by atoms with van der Waals surface area (Å²) in [6.45, 7) is 7.31. The first-order valence-electron chi connectivity index (χ1n) is 5.66. The molecule has 0 atom stereocenters. The summed E-state index contributed by atoms with van der Waals surface area (Å²) in [5.41, 5.74) is 1.02. The molecule has 18 heavy (non-hydrogen) atoms. The predicted octanol–water partition coefficient (Wildman–Crippen LogP) is 2.38. The van der Waals surface area contributed by atoms with Crippen LogP contribution in [0.1, 0.15) is 26.5 Å². The number of rotatable bonds is 1. The van der Waals surface area contributed by atoms with Crippen LogP contribution in [0.5, 0.6) is 0 Å². The van der Waals surface area contributed by atoms with Gasteiger partial charge in [-0.1, -0.05) is 0 Å². The van der Waals surface area contributed by atoms with Crippen molar-refractivity contribution in [2.75, 3.05) is 5.32 Å². The van der Waals surface area contributed by atoms with Gasteiger partial charge in [-0.15, -0.1) is 0 Å². The van der Waals surface area contributed by atoms with E-state index in [4.69, 9.17) is 4.74 Å². The average molecular weight is 248 g/mol. The lowest BCUT2D eigenvalue weighted by Crippen LogP contribution is -2.27. The highest BCUT2D eigenvalue weighted by Gasteiger charge is 2.17. The van der Waals surface area contributed by atoms with Crippen molar-refractivity contribution >= 4 is 17.6 Å². The minimum absolute atomic E-state index is 0.419. The summed E-state index contributed by atoms with van der Waals surface area (Å²) in [7, 11) is 0. The highest BCUT2D eigenvalue weighted by molar-refractivity contribution is 5.83. The number of anilines is 1. The van der Waals surface area contributed by atoms with Gasteiger partial charge in [0.2, 0.25) is 0 Å². The van der Waals surface area contributed by atoms with Gasteiger partial charge in [-0.25, -0.2) is 14.3 Å². The number of hydrogen-bond acceptors (Lipinski definition) is 4. The maximum Gasteiger partial charge on any atom is 0.413 e. The van der Waals surface area contributed by atoms with E-state index in [0.29, 0.717) is 11.5 Å². The standard InChI is InChI=1S/C12H16N4O2/c1-8-5-6-10-13-9(7-16(10)15-8)14-11(17)18-12(2,3)4/h5-7H,1-4H3,(H,14,17). The van der Waals surface area contributed by atoms with Crippen molar-refractivity contribution in [3.05, 3.63) is 24.0 Å². The summed E-state index contributed by atoms with van der Waals surface area (Å²) in [5.74, 6) is 0.419. The molecule has 0 aliphatic rings. The van der Waals surface area contributed by atoms with Crippen LogP contribution in [0.4, 0.5) is 10.6 Å². The monoisotopic (exact) mass is 248 g/mol. The molecule has 6 heteroatoms. The molecule has 0 bridgehead atoms. The van der Waals surface area contributed by atoms with Crippen molar-refractivity contribution in [3.8, 4) is 0 Å². The smallest absolute Gasteiger partial charge is 0.413 e. The summed E-state index contributed by atoms with van der Waals surface area (Å²) in [6.07, 6.45) is 1.12. The fourth-order valence-corrected chi connectivity index (χ4v) is 1.45. The van der Waals surface area contributed by atoms with Gasteiger partial charge in [-0.05, 0) is 39.8 Å². The third-order valence-corrected chi connectivity index (χ3v) is 2.08. The van der Waals surface area contributed by atoms with E-state index in [1.165, 1.54) is 0 Å². The van der Waals surface area contributed by atoms with Crippen molar-refractivity contribution in [2.24, 2.45) is 0 Å². The summed E-state index contributed by atoms with van der Waals surface area (Å²) >= 11 is 0. The second kappa shape index (κ2) is 4.29. The maximum absolute atomic E-state index is 11.6. The molecule has 0 saturated heterocycles. The van der Waals surface area contributed by atoms with Gasteiger partial charge in [0.25, 0.3) is 0 Å². The molecule has 0 radical (unpaired) electrons. The van der Waals surface area contributed by atoms with Gasteiger partial charge in [0.15, 0.2) is 11.5 Å². The Labute approximate surface area is 105 Å². The lowest BCUT2D eigenvalue weighted by Gasteiger charge is -2.18. The van der Waals surface area contributed by atoms with E-state index in [2.05, 4.69) is 15.4 Å². The van der Waals surface area contributed by atoms with Crippen LogP contribution in [0.2, 0.25) is 0 Å². The molecular weight excluding hydrogens is 232 g/mol. The third-order valence-electron chi connectivity index (χ3n) is 2.08. The van der Waals surface area contributed by atoms with E-state index in [9.17, 15) is 4.79 Å². The molecule has 0 aliphatic heterocycles. The molecule has 0 aromatic carbocycles. The van der Waals surface area contributed by atoms with Crippen LogP contribution in [0.15, 0.2) is 18.3 Å². The number of aryl methyl sites for hydroxylation is 1. The zero-order chi connectivity index (χ0) is 13.3. The largest absolute Gasteiger partial charge is 0.444 e. The Kier molecular flexibility index (Phi) is 2.94. The fourth-order valence-electron chi connectivity index (χ4n) is 1.45. The minimum Gasteiger partial charge on any atom is -0.444 e. The molecule has 2 aromatic rings. The number of carbonyl (C=O) groups excluding carboxylic acids is 1. The number of hydrogen-bond donors (Lipinski definition) is 1. The number of fused-ring (bicyclic) bond motifs is 1. The van der Waals surface area contributed by atoms with E-state index in [-0.39, 0.29) is 0 Å². The molecular formula is C12H16N4O2. The average Bonchev–Trinajstić information content (AvgIpc) is 2.55. The second-order valence-corrected chi connectivity index (χ2v) is 5.03. The number of imidazole rings is 1. The van der Waals surface area contributed by atoms with E-state index in [1.807, 2.05) is 19.1 Å². The Balaban J connectivity index is 2.15. The Morgan fingerprint density at radius 2 is 2.11 bits per heavy atom. The lowest BCUT2D eigenvalue weighted by atomic mass is 10.2. The molecule has 2 aromatic heterocycles. The van der Waals surface area contributed by atoms with Gasteiger partial charge >= 0.3 is 6.09 Å². The van der Waals surface area contributed by atoms with Gasteiger partial charge < -0.3 is 4.74 Å². The number of amides is 1. The lowest BCUT2D eigenvalue weighted by molar-refractivity contribution is 0.0635. The molecule has 0 aliphatic carbocycles. The van der Waals surface area contributed by atoms with Crippen LogP contribution >= 0.6 is 0 Å². The van der Waals surface area contributed by atoms with Crippen LogP contribution in [0, 0.1) is 6.92 Å². The molecule has 1 amide bonds. The maximum atomic E-state index is 11.6. The fraction of sp³-hybridized carbons (Fsp3) is 0.417. The van der Waals surface area contributed by atoms with Crippen LogP contribution < -0.4 is 5.32 Å². The molecule has 2 rings (SSSR count). The zero-order valence-corrected chi connectivity index (χ0v) is 10.9. The normalized spacial score (nSPS) is 11.6. The van der Waals surface area contributed by atoms with Gasteiger partial charge in [-0.3, -0.25) is 5.32 Å². The van der Waals surface area contributed by atoms with E-state index in [0.717, 1.165) is 5.69 Å². The minimum atomic E-state index is -0.530. The first-order chi connectivity index (χ1) is 8.33. The Hall–Kier alpha value is -2.11. The van der Waals surface area contributed by atoms with Crippen molar-refractivity contribution in [1.82, 2.24) is 14.6 Å². The second-order valence-electron chi connectivity index (χ2n) is 5.03. The Morgan fingerprint density at radius 1 is 1.39 bits per heavy atom. The first kappa shape index (κ1) is 12.3. The molecule has 0 saturated carbocycles.